The van der Waals surface area contributed by atoms with E-state index in [0.29, 0.717) is 22.1 Å². The van der Waals surface area contributed by atoms with E-state index in [2.05, 4.69) is 0 Å². The number of carbonyl (C=O) groups is 1. The van der Waals surface area contributed by atoms with Crippen LogP contribution >= 0.6 is 34.8 Å². The van der Waals surface area contributed by atoms with Gasteiger partial charge in [0.1, 0.15) is 28.9 Å². The van der Waals surface area contributed by atoms with Gasteiger partial charge in [0.15, 0.2) is 0 Å². The van der Waals surface area contributed by atoms with Crippen LogP contribution in [0.15, 0.2) is 22.7 Å². The van der Waals surface area contributed by atoms with E-state index in [9.17, 15) is 4.79 Å². The van der Waals surface area contributed by atoms with Crippen LogP contribution in [0.1, 0.15) is 5.56 Å². The minimum atomic E-state index is 0.128. The van der Waals surface area contributed by atoms with Crippen molar-refractivity contribution in [1.82, 2.24) is 0 Å². The van der Waals surface area contributed by atoms with Crippen molar-refractivity contribution in [3.05, 3.63) is 33.3 Å². The van der Waals surface area contributed by atoms with Crippen LogP contribution in [0.3, 0.4) is 0 Å². The Hall–Kier alpha value is -0.900. The fourth-order valence-corrected chi connectivity index (χ4v) is 1.81. The van der Waals surface area contributed by atoms with Gasteiger partial charge in [-0.1, -0.05) is 34.8 Å². The molecule has 0 amide bonds. The molecule has 0 unspecified atom stereocenters. The first-order chi connectivity index (χ1) is 8.58. The number of benzene rings is 1. The molecule has 0 spiro atoms. The van der Waals surface area contributed by atoms with Gasteiger partial charge in [-0.15, -0.1) is 0 Å². The number of methoxy groups -OCH3 is 1. The molecule has 1 aromatic rings. The molecule has 0 aliphatic rings. The average molecular weight is 310 g/mol. The van der Waals surface area contributed by atoms with E-state index in [4.69, 9.17) is 44.3 Å². The number of hydrogen-bond acceptors (Lipinski definition) is 3. The topological polar surface area (TPSA) is 35.5 Å². The highest BCUT2D eigenvalue weighted by Gasteiger charge is 2.10. The van der Waals surface area contributed by atoms with Crippen LogP contribution in [0, 0.1) is 0 Å². The lowest BCUT2D eigenvalue weighted by Crippen LogP contribution is -1.98. The molecule has 0 atom stereocenters. The van der Waals surface area contributed by atoms with Crippen molar-refractivity contribution in [3.8, 4) is 11.5 Å². The normalized spacial score (nSPS) is 9.78. The molecule has 98 valence electrons. The molecule has 0 bridgehead atoms. The van der Waals surface area contributed by atoms with Gasteiger partial charge in [-0.05, 0) is 12.1 Å². The van der Waals surface area contributed by atoms with Crippen LogP contribution in [0.5, 0.6) is 11.5 Å². The highest BCUT2D eigenvalue weighted by molar-refractivity contribution is 6.55. The Labute approximate surface area is 120 Å². The fraction of sp³-hybridized carbons (Fsp3) is 0.250. The quantitative estimate of drug-likeness (QED) is 0.750. The van der Waals surface area contributed by atoms with E-state index in [1.807, 2.05) is 0 Å². The molecule has 1 rings (SSSR count). The van der Waals surface area contributed by atoms with Crippen LogP contribution in [0.4, 0.5) is 0 Å². The molecular formula is C12H11Cl3O3. The van der Waals surface area contributed by atoms with Crippen LogP contribution < -0.4 is 9.47 Å². The molecule has 0 saturated carbocycles. The molecule has 0 aliphatic heterocycles. The first-order valence-corrected chi connectivity index (χ1v) is 6.16. The summed E-state index contributed by atoms with van der Waals surface area (Å²) in [5, 5.41) is 0.382. The van der Waals surface area contributed by atoms with Crippen molar-refractivity contribution in [1.29, 1.82) is 0 Å². The summed E-state index contributed by atoms with van der Waals surface area (Å²) in [6.07, 6.45) is 2.47. The van der Waals surface area contributed by atoms with Gasteiger partial charge in [0.2, 0.25) is 0 Å². The van der Waals surface area contributed by atoms with Gasteiger partial charge in [0.05, 0.1) is 12.1 Å². The maximum absolute atomic E-state index is 10.6. The van der Waals surface area contributed by atoms with Crippen molar-refractivity contribution in [2.24, 2.45) is 0 Å². The molecule has 0 radical (unpaired) electrons. The molecule has 0 aromatic heterocycles. The zero-order valence-corrected chi connectivity index (χ0v) is 11.9. The third-order valence-corrected chi connectivity index (χ3v) is 2.68. The lowest BCUT2D eigenvalue weighted by atomic mass is 10.1. The van der Waals surface area contributed by atoms with Gasteiger partial charge in [-0.25, -0.2) is 0 Å². The Morgan fingerprint density at radius 3 is 2.67 bits per heavy atom. The summed E-state index contributed by atoms with van der Waals surface area (Å²) >= 11 is 16.9. The van der Waals surface area contributed by atoms with Crippen molar-refractivity contribution < 1.29 is 14.3 Å². The van der Waals surface area contributed by atoms with E-state index in [1.54, 1.807) is 12.1 Å². The molecule has 0 N–H and O–H groups in total. The second kappa shape index (κ2) is 7.52. The molecule has 0 aliphatic carbocycles. The monoisotopic (exact) mass is 308 g/mol. The minimum Gasteiger partial charge on any atom is -0.495 e. The first-order valence-electron chi connectivity index (χ1n) is 5.02. The standard InChI is InChI=1S/C12H11Cl3O3/c1-17-12-8(2-4-16)6-9(7-10(12)13)18-5-3-11(14)15/h3-4,6-7H,2,5H2,1H3. The van der Waals surface area contributed by atoms with Crippen molar-refractivity contribution in [2.75, 3.05) is 13.7 Å². The summed E-state index contributed by atoms with van der Waals surface area (Å²) in [7, 11) is 1.49. The number of aldehydes is 1. The Bertz CT molecular complexity index is 454. The van der Waals surface area contributed by atoms with Gasteiger partial charge in [0.25, 0.3) is 0 Å². The molecule has 0 saturated heterocycles. The largest absolute Gasteiger partial charge is 0.495 e. The Balaban J connectivity index is 2.93. The number of rotatable bonds is 6. The number of carbonyl (C=O) groups excluding carboxylic acids is 1. The van der Waals surface area contributed by atoms with E-state index in [0.717, 1.165) is 6.29 Å². The number of hydrogen-bond donors (Lipinski definition) is 0. The summed E-state index contributed by atoms with van der Waals surface area (Å²) in [5.74, 6) is 0.991. The van der Waals surface area contributed by atoms with Gasteiger partial charge in [-0.3, -0.25) is 0 Å². The Kier molecular flexibility index (Phi) is 6.33. The summed E-state index contributed by atoms with van der Waals surface area (Å²) in [4.78, 5) is 10.6. The second-order valence-electron chi connectivity index (χ2n) is 3.27. The molecule has 0 fully saturated rings. The maximum atomic E-state index is 10.6. The highest BCUT2D eigenvalue weighted by Crippen LogP contribution is 2.33. The van der Waals surface area contributed by atoms with Crippen molar-refractivity contribution in [3.63, 3.8) is 0 Å². The maximum Gasteiger partial charge on any atom is 0.141 e. The molecule has 3 nitrogen and oxygen atoms in total. The summed E-state index contributed by atoms with van der Waals surface area (Å²) in [6.45, 7) is 0.214. The summed E-state index contributed by atoms with van der Waals surface area (Å²) in [6, 6.07) is 3.29. The van der Waals surface area contributed by atoms with Gasteiger partial charge in [0, 0.05) is 18.1 Å². The Morgan fingerprint density at radius 2 is 2.11 bits per heavy atom. The van der Waals surface area contributed by atoms with Gasteiger partial charge >= 0.3 is 0 Å². The minimum absolute atomic E-state index is 0.128. The molecule has 0 heterocycles. The smallest absolute Gasteiger partial charge is 0.141 e. The lowest BCUT2D eigenvalue weighted by molar-refractivity contribution is -0.107. The third-order valence-electron chi connectivity index (χ3n) is 2.09. The van der Waals surface area contributed by atoms with Crippen LogP contribution in [0.2, 0.25) is 5.02 Å². The van der Waals surface area contributed by atoms with Crippen molar-refractivity contribution in [2.45, 2.75) is 6.42 Å². The molecule has 18 heavy (non-hydrogen) atoms. The average Bonchev–Trinajstić information content (AvgIpc) is 2.28. The molecule has 6 heteroatoms. The van der Waals surface area contributed by atoms with Crippen molar-refractivity contribution >= 4 is 41.1 Å². The number of ether oxygens (including phenoxy) is 2. The van der Waals surface area contributed by atoms with Crippen LogP contribution in [0.25, 0.3) is 0 Å². The van der Waals surface area contributed by atoms with E-state index in [1.165, 1.54) is 13.2 Å². The first kappa shape index (κ1) is 15.2. The van der Waals surface area contributed by atoms with E-state index < -0.39 is 0 Å². The zero-order chi connectivity index (χ0) is 13.5. The molecule has 1 aromatic carbocycles. The predicted octanol–water partition coefficient (Wildman–Crippen LogP) is 3.79. The summed E-state index contributed by atoms with van der Waals surface area (Å²) in [5.41, 5.74) is 0.663. The van der Waals surface area contributed by atoms with E-state index >= 15 is 0 Å². The van der Waals surface area contributed by atoms with Gasteiger partial charge < -0.3 is 14.3 Å². The highest BCUT2D eigenvalue weighted by atomic mass is 35.5. The SMILES string of the molecule is COc1c(Cl)cc(OCC=C(Cl)Cl)cc1CC=O. The lowest BCUT2D eigenvalue weighted by Gasteiger charge is -2.11. The van der Waals surface area contributed by atoms with Crippen LogP contribution in [-0.4, -0.2) is 20.0 Å². The predicted molar refractivity (Wildman–Crippen MR) is 73.1 cm³/mol. The molecular weight excluding hydrogens is 298 g/mol. The van der Waals surface area contributed by atoms with Crippen LogP contribution in [-0.2, 0) is 11.2 Å². The summed E-state index contributed by atoms with van der Waals surface area (Å²) < 4.78 is 10.6. The fourth-order valence-electron chi connectivity index (χ4n) is 1.38. The number of halogens is 3. The van der Waals surface area contributed by atoms with Gasteiger partial charge in [-0.2, -0.15) is 0 Å². The zero-order valence-electron chi connectivity index (χ0n) is 9.58. The van der Waals surface area contributed by atoms with E-state index in [-0.39, 0.29) is 17.5 Å². The Morgan fingerprint density at radius 1 is 1.39 bits per heavy atom. The third kappa shape index (κ3) is 4.41. The second-order valence-corrected chi connectivity index (χ2v) is 4.69.